The minimum absolute atomic E-state index is 0.0507. The van der Waals surface area contributed by atoms with Crippen molar-refractivity contribution < 1.29 is 9.59 Å². The van der Waals surface area contributed by atoms with Crippen LogP contribution in [0.2, 0.25) is 0 Å². The number of carbonyl (C=O) groups is 2. The summed E-state index contributed by atoms with van der Waals surface area (Å²) in [5.74, 6) is 0.278. The highest BCUT2D eigenvalue weighted by atomic mass is 32.1. The molecular formula is C15H21N3O2S. The van der Waals surface area contributed by atoms with E-state index in [-0.39, 0.29) is 18.4 Å². The van der Waals surface area contributed by atoms with Gasteiger partial charge in [0, 0.05) is 13.0 Å². The summed E-state index contributed by atoms with van der Waals surface area (Å²) in [6.07, 6.45) is 2.19. The number of nitrogens with zero attached hydrogens (tertiary/aromatic N) is 2. The fourth-order valence-electron chi connectivity index (χ4n) is 2.24. The lowest BCUT2D eigenvalue weighted by molar-refractivity contribution is -0.133. The number of hydrazone groups is 1. The summed E-state index contributed by atoms with van der Waals surface area (Å²) < 4.78 is 0. The van der Waals surface area contributed by atoms with Crippen LogP contribution in [0.3, 0.4) is 0 Å². The molecule has 0 atom stereocenters. The van der Waals surface area contributed by atoms with Gasteiger partial charge in [-0.15, -0.1) is 11.3 Å². The lowest BCUT2D eigenvalue weighted by Crippen LogP contribution is -2.36. The molecule has 1 aromatic heterocycles. The molecule has 0 saturated carbocycles. The molecule has 1 aliphatic rings. The number of amides is 2. The van der Waals surface area contributed by atoms with Crippen LogP contribution in [0, 0.1) is 5.92 Å². The fraction of sp³-hybridized carbons (Fsp3) is 0.533. The average Bonchev–Trinajstić information content (AvgIpc) is 3.07. The number of rotatable bonds is 6. The van der Waals surface area contributed by atoms with Crippen molar-refractivity contribution in [2.75, 3.05) is 13.1 Å². The van der Waals surface area contributed by atoms with Gasteiger partial charge >= 0.3 is 0 Å². The quantitative estimate of drug-likeness (QED) is 0.647. The van der Waals surface area contributed by atoms with Crippen molar-refractivity contribution in [3.05, 3.63) is 22.4 Å². The van der Waals surface area contributed by atoms with Crippen LogP contribution in [0.25, 0.3) is 0 Å². The molecule has 0 radical (unpaired) electrons. The summed E-state index contributed by atoms with van der Waals surface area (Å²) in [4.78, 5) is 26.0. The second kappa shape index (κ2) is 7.36. The van der Waals surface area contributed by atoms with E-state index in [4.69, 9.17) is 0 Å². The Morgan fingerprint density at radius 3 is 2.90 bits per heavy atom. The van der Waals surface area contributed by atoms with Crippen LogP contribution >= 0.6 is 11.3 Å². The highest BCUT2D eigenvalue weighted by molar-refractivity contribution is 7.12. The number of likely N-dealkylation sites (tertiary alicyclic amines) is 1. The molecule has 1 aromatic rings. The van der Waals surface area contributed by atoms with Gasteiger partial charge in [-0.3, -0.25) is 9.59 Å². The first-order chi connectivity index (χ1) is 10.1. The summed E-state index contributed by atoms with van der Waals surface area (Å²) in [5.41, 5.74) is 3.48. The molecule has 21 heavy (non-hydrogen) atoms. The van der Waals surface area contributed by atoms with Crippen LogP contribution in [0.5, 0.6) is 0 Å². The Hall–Kier alpha value is -1.69. The van der Waals surface area contributed by atoms with Gasteiger partial charge in [-0.2, -0.15) is 5.10 Å². The van der Waals surface area contributed by atoms with Gasteiger partial charge in [0.05, 0.1) is 10.6 Å². The Balaban J connectivity index is 1.95. The molecule has 1 saturated heterocycles. The van der Waals surface area contributed by atoms with Crippen LogP contribution in [0.1, 0.15) is 38.0 Å². The molecule has 1 fully saturated rings. The lowest BCUT2D eigenvalue weighted by atomic mass is 10.1. The van der Waals surface area contributed by atoms with Gasteiger partial charge in [-0.25, -0.2) is 5.43 Å². The molecule has 1 aliphatic heterocycles. The third-order valence-corrected chi connectivity index (χ3v) is 4.15. The predicted octanol–water partition coefficient (Wildman–Crippen LogP) is 2.24. The van der Waals surface area contributed by atoms with E-state index < -0.39 is 0 Å². The highest BCUT2D eigenvalue weighted by Gasteiger charge is 2.22. The maximum absolute atomic E-state index is 11.9. The van der Waals surface area contributed by atoms with E-state index in [1.165, 1.54) is 0 Å². The van der Waals surface area contributed by atoms with Crippen LogP contribution < -0.4 is 5.43 Å². The van der Waals surface area contributed by atoms with E-state index in [0.29, 0.717) is 18.9 Å². The van der Waals surface area contributed by atoms with Gasteiger partial charge in [0.15, 0.2) is 0 Å². The second-order valence-corrected chi connectivity index (χ2v) is 6.54. The Labute approximate surface area is 129 Å². The Morgan fingerprint density at radius 1 is 1.52 bits per heavy atom. The van der Waals surface area contributed by atoms with Gasteiger partial charge in [0.1, 0.15) is 6.54 Å². The van der Waals surface area contributed by atoms with Crippen molar-refractivity contribution in [1.29, 1.82) is 0 Å². The molecular weight excluding hydrogens is 286 g/mol. The smallest absolute Gasteiger partial charge is 0.259 e. The van der Waals surface area contributed by atoms with Crippen molar-refractivity contribution in [2.24, 2.45) is 11.0 Å². The van der Waals surface area contributed by atoms with E-state index in [1.807, 2.05) is 17.5 Å². The van der Waals surface area contributed by atoms with Gasteiger partial charge in [0.25, 0.3) is 5.91 Å². The van der Waals surface area contributed by atoms with Crippen molar-refractivity contribution in [3.63, 3.8) is 0 Å². The molecule has 0 aliphatic carbocycles. The molecule has 0 aromatic carbocycles. The summed E-state index contributed by atoms with van der Waals surface area (Å²) in [7, 11) is 0. The van der Waals surface area contributed by atoms with Crippen LogP contribution in [-0.2, 0) is 9.59 Å². The SMILES string of the molecule is CC(C)C/C(=N/NC(=O)CN1CCCC1=O)c1cccs1. The number of hydrogen-bond acceptors (Lipinski definition) is 4. The lowest BCUT2D eigenvalue weighted by Gasteiger charge is -2.14. The molecule has 114 valence electrons. The highest BCUT2D eigenvalue weighted by Crippen LogP contribution is 2.15. The molecule has 6 heteroatoms. The van der Waals surface area contributed by atoms with Crippen molar-refractivity contribution in [3.8, 4) is 0 Å². The van der Waals surface area contributed by atoms with Gasteiger partial charge in [0.2, 0.25) is 5.91 Å². The number of hydrogen-bond donors (Lipinski definition) is 1. The first kappa shape index (κ1) is 15.7. The van der Waals surface area contributed by atoms with E-state index in [0.717, 1.165) is 23.4 Å². The van der Waals surface area contributed by atoms with Crippen LogP contribution in [-0.4, -0.2) is 35.5 Å². The van der Waals surface area contributed by atoms with Crippen LogP contribution in [0.15, 0.2) is 22.6 Å². The minimum atomic E-state index is -0.233. The predicted molar refractivity (Wildman–Crippen MR) is 84.3 cm³/mol. The summed E-state index contributed by atoms with van der Waals surface area (Å²) in [6, 6.07) is 3.97. The summed E-state index contributed by atoms with van der Waals surface area (Å²) in [5, 5.41) is 6.26. The average molecular weight is 307 g/mol. The molecule has 0 bridgehead atoms. The van der Waals surface area contributed by atoms with Gasteiger partial charge in [-0.1, -0.05) is 19.9 Å². The zero-order chi connectivity index (χ0) is 15.2. The molecule has 2 amide bonds. The summed E-state index contributed by atoms with van der Waals surface area (Å²) >= 11 is 1.61. The first-order valence-corrected chi connectivity index (χ1v) is 8.11. The monoisotopic (exact) mass is 307 g/mol. The Morgan fingerprint density at radius 2 is 2.33 bits per heavy atom. The second-order valence-electron chi connectivity index (χ2n) is 5.59. The van der Waals surface area contributed by atoms with Crippen molar-refractivity contribution in [2.45, 2.75) is 33.1 Å². The molecule has 0 spiro atoms. The third-order valence-electron chi connectivity index (χ3n) is 3.23. The maximum atomic E-state index is 11.9. The van der Waals surface area contributed by atoms with Gasteiger partial charge < -0.3 is 4.90 Å². The van der Waals surface area contributed by atoms with E-state index in [9.17, 15) is 9.59 Å². The molecule has 1 N–H and O–H groups in total. The molecule has 0 unspecified atom stereocenters. The van der Waals surface area contributed by atoms with E-state index in [2.05, 4.69) is 24.4 Å². The number of thiophene rings is 1. The first-order valence-electron chi connectivity index (χ1n) is 7.23. The number of carbonyl (C=O) groups excluding carboxylic acids is 2. The molecule has 5 nitrogen and oxygen atoms in total. The third kappa shape index (κ3) is 4.67. The maximum Gasteiger partial charge on any atom is 0.259 e. The zero-order valence-corrected chi connectivity index (χ0v) is 13.3. The molecule has 2 rings (SSSR count). The van der Waals surface area contributed by atoms with E-state index in [1.54, 1.807) is 16.2 Å². The fourth-order valence-corrected chi connectivity index (χ4v) is 2.97. The van der Waals surface area contributed by atoms with Gasteiger partial charge in [-0.05, 0) is 30.2 Å². The topological polar surface area (TPSA) is 61.8 Å². The Bertz CT molecular complexity index is 523. The molecule has 2 heterocycles. The van der Waals surface area contributed by atoms with E-state index >= 15 is 0 Å². The standard InChI is InChI=1S/C15H21N3O2S/c1-11(2)9-12(13-5-4-8-21-13)16-17-14(19)10-18-7-3-6-15(18)20/h4-5,8,11H,3,6-7,9-10H2,1-2H3,(H,17,19)/b16-12-. The largest absolute Gasteiger partial charge is 0.333 e. The summed E-state index contributed by atoms with van der Waals surface area (Å²) in [6.45, 7) is 5.00. The normalized spacial score (nSPS) is 15.9. The zero-order valence-electron chi connectivity index (χ0n) is 12.5. The van der Waals surface area contributed by atoms with Crippen molar-refractivity contribution in [1.82, 2.24) is 10.3 Å². The van der Waals surface area contributed by atoms with Crippen molar-refractivity contribution >= 4 is 28.9 Å². The minimum Gasteiger partial charge on any atom is -0.333 e. The Kier molecular flexibility index (Phi) is 5.50. The van der Waals surface area contributed by atoms with Crippen LogP contribution in [0.4, 0.5) is 0 Å². The number of nitrogens with one attached hydrogen (secondary N) is 1.